The smallest absolute Gasteiger partial charge is 0.320 e. The van der Waals surface area contributed by atoms with Gasteiger partial charge in [-0.3, -0.25) is 9.59 Å². The van der Waals surface area contributed by atoms with Gasteiger partial charge in [-0.05, 0) is 26.2 Å². The Kier molecular flexibility index (Phi) is 8.08. The molecule has 0 amide bonds. The van der Waals surface area contributed by atoms with E-state index >= 15 is 0 Å². The predicted molar refractivity (Wildman–Crippen MR) is 70.5 cm³/mol. The first-order chi connectivity index (χ1) is 8.45. The second-order valence-corrected chi connectivity index (χ2v) is 4.89. The minimum atomic E-state index is -1.64. The largest absolute Gasteiger partial charge is 0.480 e. The van der Waals surface area contributed by atoms with Crippen LogP contribution in [0, 0.1) is 5.41 Å². The van der Waals surface area contributed by atoms with Crippen LogP contribution in [0.25, 0.3) is 0 Å². The highest BCUT2D eigenvalue weighted by Gasteiger charge is 2.40. The zero-order valence-electron chi connectivity index (χ0n) is 11.2. The molecule has 104 valence electrons. The molecule has 0 rings (SSSR count). The second kappa shape index (κ2) is 8.72. The number of carbonyl (C=O) groups is 2. The normalized spacial score (nSPS) is 11.2. The van der Waals surface area contributed by atoms with Crippen molar-refractivity contribution < 1.29 is 19.8 Å². The fraction of sp³-hybridized carbons (Fsp3) is 0.714. The molecule has 0 aliphatic carbocycles. The second-order valence-electron chi connectivity index (χ2n) is 4.89. The molecule has 4 heteroatoms. The lowest BCUT2D eigenvalue weighted by molar-refractivity contribution is -0.163. The van der Waals surface area contributed by atoms with Crippen LogP contribution >= 0.6 is 0 Å². The van der Waals surface area contributed by atoms with E-state index in [9.17, 15) is 9.59 Å². The molecule has 18 heavy (non-hydrogen) atoms. The molecule has 0 aliphatic heterocycles. The van der Waals surface area contributed by atoms with Crippen molar-refractivity contribution in [2.75, 3.05) is 0 Å². The summed E-state index contributed by atoms with van der Waals surface area (Å²) >= 11 is 0. The monoisotopic (exact) mass is 256 g/mol. The first-order valence-corrected chi connectivity index (χ1v) is 6.53. The van der Waals surface area contributed by atoms with Gasteiger partial charge in [-0.2, -0.15) is 0 Å². The summed E-state index contributed by atoms with van der Waals surface area (Å²) in [5.41, 5.74) is -1.64. The van der Waals surface area contributed by atoms with Crippen molar-refractivity contribution in [3.8, 4) is 0 Å². The van der Waals surface area contributed by atoms with Crippen LogP contribution in [0.15, 0.2) is 12.7 Å². The van der Waals surface area contributed by atoms with E-state index in [4.69, 9.17) is 10.2 Å². The molecule has 0 saturated heterocycles. The van der Waals surface area contributed by atoms with Crippen LogP contribution in [0.2, 0.25) is 0 Å². The Balaban J connectivity index is 3.72. The average Bonchev–Trinajstić information content (AvgIpc) is 2.31. The maximum absolute atomic E-state index is 10.9. The molecule has 2 N–H and O–H groups in total. The van der Waals surface area contributed by atoms with E-state index in [-0.39, 0.29) is 6.42 Å². The summed E-state index contributed by atoms with van der Waals surface area (Å²) in [7, 11) is 0. The highest BCUT2D eigenvalue weighted by atomic mass is 16.4. The summed E-state index contributed by atoms with van der Waals surface area (Å²) in [6.45, 7) is 4.94. The number of carboxylic acids is 2. The molecule has 0 unspecified atom stereocenters. The molecule has 0 bridgehead atoms. The van der Waals surface area contributed by atoms with Gasteiger partial charge in [0.05, 0.1) is 0 Å². The van der Waals surface area contributed by atoms with Gasteiger partial charge < -0.3 is 10.2 Å². The number of unbranched alkanes of at least 4 members (excludes halogenated alkanes) is 6. The molecule has 0 fully saturated rings. The van der Waals surface area contributed by atoms with Gasteiger partial charge in [-0.15, -0.1) is 6.58 Å². The first kappa shape index (κ1) is 16.7. The minimum Gasteiger partial charge on any atom is -0.480 e. The average molecular weight is 256 g/mol. The van der Waals surface area contributed by atoms with Crippen molar-refractivity contribution in [3.05, 3.63) is 12.7 Å². The Morgan fingerprint density at radius 2 is 1.44 bits per heavy atom. The maximum Gasteiger partial charge on any atom is 0.320 e. The van der Waals surface area contributed by atoms with Crippen molar-refractivity contribution in [1.82, 2.24) is 0 Å². The third-order valence-electron chi connectivity index (χ3n) is 3.28. The standard InChI is InChI=1S/C14H24O4/c1-3-4-5-6-7-8-9-10-11-14(2,12(15)16)13(17)18/h3H,1,4-11H2,2H3,(H,15,16)(H,17,18). The topological polar surface area (TPSA) is 74.6 Å². The molecule has 0 atom stereocenters. The third kappa shape index (κ3) is 5.84. The van der Waals surface area contributed by atoms with Crippen molar-refractivity contribution in [1.29, 1.82) is 0 Å². The van der Waals surface area contributed by atoms with E-state index in [0.29, 0.717) is 6.42 Å². The van der Waals surface area contributed by atoms with Crippen molar-refractivity contribution in [3.63, 3.8) is 0 Å². The van der Waals surface area contributed by atoms with Crippen LogP contribution in [-0.4, -0.2) is 22.2 Å². The van der Waals surface area contributed by atoms with Crippen molar-refractivity contribution in [2.24, 2.45) is 5.41 Å². The van der Waals surface area contributed by atoms with Crippen LogP contribution in [-0.2, 0) is 9.59 Å². The number of hydrogen-bond donors (Lipinski definition) is 2. The van der Waals surface area contributed by atoms with Crippen molar-refractivity contribution >= 4 is 11.9 Å². The zero-order valence-corrected chi connectivity index (χ0v) is 11.2. The Morgan fingerprint density at radius 1 is 1.00 bits per heavy atom. The highest BCUT2D eigenvalue weighted by Crippen LogP contribution is 2.25. The Morgan fingerprint density at radius 3 is 1.89 bits per heavy atom. The summed E-state index contributed by atoms with van der Waals surface area (Å²) < 4.78 is 0. The van der Waals surface area contributed by atoms with Gasteiger partial charge in [0, 0.05) is 0 Å². The zero-order chi connectivity index (χ0) is 14.0. The highest BCUT2D eigenvalue weighted by molar-refractivity contribution is 5.97. The molecule has 0 spiro atoms. The lowest BCUT2D eigenvalue weighted by Gasteiger charge is -2.19. The SMILES string of the molecule is C=CCCCCCCCCC(C)(C(=O)O)C(=O)O. The van der Waals surface area contributed by atoms with E-state index in [2.05, 4.69) is 6.58 Å². The third-order valence-corrected chi connectivity index (χ3v) is 3.28. The molecule has 0 saturated carbocycles. The predicted octanol–water partition coefficient (Wildman–Crippen LogP) is 3.47. The lowest BCUT2D eigenvalue weighted by atomic mass is 9.85. The van der Waals surface area contributed by atoms with Gasteiger partial charge in [-0.1, -0.05) is 38.2 Å². The van der Waals surface area contributed by atoms with Crippen LogP contribution in [0.3, 0.4) is 0 Å². The molecular weight excluding hydrogens is 232 g/mol. The van der Waals surface area contributed by atoms with Crippen LogP contribution in [0.4, 0.5) is 0 Å². The maximum atomic E-state index is 10.9. The summed E-state index contributed by atoms with van der Waals surface area (Å²) in [5, 5.41) is 17.8. The number of rotatable bonds is 11. The Labute approximate surface area is 109 Å². The van der Waals surface area contributed by atoms with Gasteiger partial charge in [0.15, 0.2) is 5.41 Å². The minimum absolute atomic E-state index is 0.199. The molecule has 0 aromatic rings. The van der Waals surface area contributed by atoms with Gasteiger partial charge in [0.1, 0.15) is 0 Å². The fourth-order valence-corrected chi connectivity index (χ4v) is 1.78. The van der Waals surface area contributed by atoms with Gasteiger partial charge in [0.25, 0.3) is 0 Å². The number of carboxylic acid groups (broad SMARTS) is 2. The number of allylic oxidation sites excluding steroid dienone is 1. The summed E-state index contributed by atoms with van der Waals surface area (Å²) in [6, 6.07) is 0. The summed E-state index contributed by atoms with van der Waals surface area (Å²) in [5.74, 6) is -2.50. The van der Waals surface area contributed by atoms with E-state index in [1.54, 1.807) is 0 Å². The molecular formula is C14H24O4. The van der Waals surface area contributed by atoms with E-state index in [1.807, 2.05) is 6.08 Å². The molecule has 0 heterocycles. The summed E-state index contributed by atoms with van der Waals surface area (Å²) in [6.07, 6.45) is 9.14. The first-order valence-electron chi connectivity index (χ1n) is 6.53. The quantitative estimate of drug-likeness (QED) is 0.337. The Bertz CT molecular complexity index is 270. The van der Waals surface area contributed by atoms with Gasteiger partial charge >= 0.3 is 11.9 Å². The lowest BCUT2D eigenvalue weighted by Crippen LogP contribution is -2.36. The van der Waals surface area contributed by atoms with Crippen LogP contribution in [0.5, 0.6) is 0 Å². The fourth-order valence-electron chi connectivity index (χ4n) is 1.78. The molecule has 0 aromatic carbocycles. The molecule has 0 aliphatic rings. The van der Waals surface area contributed by atoms with Gasteiger partial charge in [0.2, 0.25) is 0 Å². The molecule has 0 radical (unpaired) electrons. The Hall–Kier alpha value is -1.32. The number of hydrogen-bond acceptors (Lipinski definition) is 2. The van der Waals surface area contributed by atoms with E-state index in [0.717, 1.165) is 38.5 Å². The van der Waals surface area contributed by atoms with E-state index in [1.165, 1.54) is 6.92 Å². The van der Waals surface area contributed by atoms with Crippen LogP contribution < -0.4 is 0 Å². The summed E-state index contributed by atoms with van der Waals surface area (Å²) in [4.78, 5) is 21.8. The van der Waals surface area contributed by atoms with E-state index < -0.39 is 17.4 Å². The van der Waals surface area contributed by atoms with Crippen molar-refractivity contribution in [2.45, 2.75) is 58.3 Å². The van der Waals surface area contributed by atoms with Gasteiger partial charge in [-0.25, -0.2) is 0 Å². The van der Waals surface area contributed by atoms with Crippen LogP contribution in [0.1, 0.15) is 58.3 Å². The molecule has 0 aromatic heterocycles. The number of aliphatic carboxylic acids is 2. The molecule has 4 nitrogen and oxygen atoms in total.